The van der Waals surface area contributed by atoms with Gasteiger partial charge in [0, 0.05) is 31.4 Å². The number of benzene rings is 1. The van der Waals surface area contributed by atoms with Crippen molar-refractivity contribution < 1.29 is 9.53 Å². The van der Waals surface area contributed by atoms with E-state index in [1.54, 1.807) is 10.9 Å². The van der Waals surface area contributed by atoms with Crippen LogP contribution in [0, 0.1) is 0 Å². The van der Waals surface area contributed by atoms with Gasteiger partial charge in [0.05, 0.1) is 5.69 Å². The van der Waals surface area contributed by atoms with E-state index in [9.17, 15) is 4.79 Å². The summed E-state index contributed by atoms with van der Waals surface area (Å²) in [6.07, 6.45) is 11.7. The van der Waals surface area contributed by atoms with Crippen molar-refractivity contribution in [2.45, 2.75) is 64.8 Å². The molecule has 31 heavy (non-hydrogen) atoms. The summed E-state index contributed by atoms with van der Waals surface area (Å²) in [5, 5.41) is 0. The maximum atomic E-state index is 12.8. The van der Waals surface area contributed by atoms with Crippen LogP contribution in [0.15, 0.2) is 36.8 Å². The number of imidazole rings is 1. The highest BCUT2D eigenvalue weighted by Crippen LogP contribution is 2.24. The predicted octanol–water partition coefficient (Wildman–Crippen LogP) is 5.28. The highest BCUT2D eigenvalue weighted by atomic mass is 16.5. The topological polar surface area (TPSA) is 50.6 Å². The van der Waals surface area contributed by atoms with Crippen LogP contribution in [0.2, 0.25) is 0 Å². The normalized spacial score (nSPS) is 14.7. The number of hydrogen-bond donors (Lipinski definition) is 0. The van der Waals surface area contributed by atoms with Crippen molar-refractivity contribution >= 4 is 6.03 Å². The van der Waals surface area contributed by atoms with Gasteiger partial charge in [-0.1, -0.05) is 33.1 Å². The number of hydrogen-bond acceptors (Lipinski definition) is 4. The number of carbonyl (C=O) groups excluding carboxylic acids is 1. The van der Waals surface area contributed by atoms with Crippen LogP contribution >= 0.6 is 0 Å². The highest BCUT2D eigenvalue weighted by molar-refractivity contribution is 5.78. The number of carbonyl (C=O) groups is 1. The zero-order chi connectivity index (χ0) is 22.1. The van der Waals surface area contributed by atoms with Crippen molar-refractivity contribution in [2.24, 2.45) is 0 Å². The van der Waals surface area contributed by atoms with Gasteiger partial charge in [-0.3, -0.25) is 9.47 Å². The van der Waals surface area contributed by atoms with E-state index in [2.05, 4.69) is 23.7 Å². The van der Waals surface area contributed by atoms with Crippen molar-refractivity contribution in [3.8, 4) is 17.0 Å². The Bertz CT molecular complexity index is 790. The van der Waals surface area contributed by atoms with Gasteiger partial charge in [-0.15, -0.1) is 0 Å². The molecule has 0 atom stereocenters. The van der Waals surface area contributed by atoms with Gasteiger partial charge in [0.25, 0.3) is 0 Å². The second-order valence-electron chi connectivity index (χ2n) is 8.57. The quantitative estimate of drug-likeness (QED) is 0.518. The maximum absolute atomic E-state index is 12.8. The molecule has 1 amide bonds. The zero-order valence-corrected chi connectivity index (χ0v) is 19.4. The number of rotatable bonds is 10. The van der Waals surface area contributed by atoms with E-state index in [4.69, 9.17) is 4.74 Å². The average molecular weight is 427 g/mol. The Morgan fingerprint density at radius 1 is 1.06 bits per heavy atom. The number of aromatic nitrogens is 2. The molecule has 1 aromatic heterocycles. The number of amides is 1. The molecule has 0 bridgehead atoms. The minimum absolute atomic E-state index is 0.00526. The van der Waals surface area contributed by atoms with Crippen LogP contribution in [-0.4, -0.2) is 64.7 Å². The Morgan fingerprint density at radius 2 is 1.74 bits per heavy atom. The van der Waals surface area contributed by atoms with Crippen LogP contribution in [0.3, 0.4) is 0 Å². The van der Waals surface area contributed by atoms with Crippen LogP contribution in [0.25, 0.3) is 11.3 Å². The molecule has 0 aliphatic heterocycles. The minimum atomic E-state index is -0.00526. The standard InChI is InChI=1S/C25H38N4O2/c1-4-15-28(16-5-2)17-18-31-23-13-11-21(12-14-23)24-19-29(20-26-24)25(30)27(3)22-9-7-6-8-10-22/h11-14,19-20,22H,4-10,15-18H2,1-3H3. The molecule has 0 spiro atoms. The van der Waals surface area contributed by atoms with E-state index >= 15 is 0 Å². The van der Waals surface area contributed by atoms with Crippen LogP contribution < -0.4 is 4.74 Å². The second-order valence-corrected chi connectivity index (χ2v) is 8.57. The van der Waals surface area contributed by atoms with Gasteiger partial charge < -0.3 is 9.64 Å². The van der Waals surface area contributed by atoms with Gasteiger partial charge >= 0.3 is 6.03 Å². The van der Waals surface area contributed by atoms with Gasteiger partial charge in [-0.2, -0.15) is 0 Å². The molecule has 170 valence electrons. The first-order chi connectivity index (χ1) is 15.1. The van der Waals surface area contributed by atoms with Gasteiger partial charge in [-0.05, 0) is 63.0 Å². The maximum Gasteiger partial charge on any atom is 0.329 e. The van der Waals surface area contributed by atoms with Crippen molar-refractivity contribution in [3.63, 3.8) is 0 Å². The lowest BCUT2D eigenvalue weighted by molar-refractivity contribution is 0.175. The Morgan fingerprint density at radius 3 is 2.39 bits per heavy atom. The Hall–Kier alpha value is -2.34. The molecule has 1 saturated carbocycles. The smallest absolute Gasteiger partial charge is 0.329 e. The van der Waals surface area contributed by atoms with Crippen LogP contribution in [0.4, 0.5) is 4.79 Å². The summed E-state index contributed by atoms with van der Waals surface area (Å²) in [6, 6.07) is 8.31. The lowest BCUT2D eigenvalue weighted by Crippen LogP contribution is -2.40. The molecule has 1 aromatic carbocycles. The fourth-order valence-corrected chi connectivity index (χ4v) is 4.37. The molecule has 1 fully saturated rings. The molecular weight excluding hydrogens is 388 g/mol. The molecule has 0 N–H and O–H groups in total. The molecule has 1 heterocycles. The molecule has 1 aliphatic carbocycles. The van der Waals surface area contributed by atoms with Crippen LogP contribution in [0.5, 0.6) is 5.75 Å². The molecule has 6 heteroatoms. The van der Waals surface area contributed by atoms with Crippen molar-refractivity contribution in [1.82, 2.24) is 19.4 Å². The summed E-state index contributed by atoms with van der Waals surface area (Å²) in [4.78, 5) is 21.6. The van der Waals surface area contributed by atoms with E-state index < -0.39 is 0 Å². The summed E-state index contributed by atoms with van der Waals surface area (Å²) < 4.78 is 7.54. The third kappa shape index (κ3) is 6.57. The summed E-state index contributed by atoms with van der Waals surface area (Å²) >= 11 is 0. The van der Waals surface area contributed by atoms with E-state index in [1.165, 1.54) is 32.1 Å². The lowest BCUT2D eigenvalue weighted by atomic mass is 9.95. The first-order valence-corrected chi connectivity index (χ1v) is 11.9. The highest BCUT2D eigenvalue weighted by Gasteiger charge is 2.23. The molecule has 0 saturated heterocycles. The Balaban J connectivity index is 1.54. The van der Waals surface area contributed by atoms with Crippen molar-refractivity contribution in [1.29, 1.82) is 0 Å². The summed E-state index contributed by atoms with van der Waals surface area (Å²) in [5.74, 6) is 0.865. The Kier molecular flexibility index (Phi) is 8.95. The molecule has 3 rings (SSSR count). The fraction of sp³-hybridized carbons (Fsp3) is 0.600. The molecule has 2 aromatic rings. The molecular formula is C25H38N4O2. The number of nitrogens with zero attached hydrogens (tertiary/aromatic N) is 4. The van der Waals surface area contributed by atoms with Gasteiger partial charge in [0.15, 0.2) is 0 Å². The largest absolute Gasteiger partial charge is 0.492 e. The lowest BCUT2D eigenvalue weighted by Gasteiger charge is -2.31. The van der Waals surface area contributed by atoms with Crippen molar-refractivity contribution in [3.05, 3.63) is 36.8 Å². The monoisotopic (exact) mass is 426 g/mol. The van der Waals surface area contributed by atoms with Gasteiger partial charge in [0.2, 0.25) is 0 Å². The van der Waals surface area contributed by atoms with Gasteiger partial charge in [0.1, 0.15) is 18.7 Å². The second kappa shape index (κ2) is 11.9. The molecule has 0 radical (unpaired) electrons. The average Bonchev–Trinajstić information content (AvgIpc) is 3.30. The summed E-state index contributed by atoms with van der Waals surface area (Å²) in [7, 11) is 1.91. The van der Waals surface area contributed by atoms with E-state index in [0.717, 1.165) is 49.5 Å². The van der Waals surface area contributed by atoms with Crippen LogP contribution in [0.1, 0.15) is 58.8 Å². The molecule has 6 nitrogen and oxygen atoms in total. The SMILES string of the molecule is CCCN(CCC)CCOc1ccc(-c2cn(C(=O)N(C)C3CCCCC3)cn2)cc1. The van der Waals surface area contributed by atoms with E-state index in [-0.39, 0.29) is 6.03 Å². The first-order valence-electron chi connectivity index (χ1n) is 11.9. The van der Waals surface area contributed by atoms with E-state index in [1.807, 2.05) is 42.4 Å². The van der Waals surface area contributed by atoms with Gasteiger partial charge in [-0.25, -0.2) is 9.78 Å². The summed E-state index contributed by atoms with van der Waals surface area (Å²) in [5.41, 5.74) is 1.78. The first kappa shape index (κ1) is 23.3. The minimum Gasteiger partial charge on any atom is -0.492 e. The zero-order valence-electron chi connectivity index (χ0n) is 19.4. The predicted molar refractivity (Wildman–Crippen MR) is 126 cm³/mol. The third-order valence-corrected chi connectivity index (χ3v) is 6.13. The van der Waals surface area contributed by atoms with E-state index in [0.29, 0.717) is 12.6 Å². The molecule has 0 unspecified atom stereocenters. The third-order valence-electron chi connectivity index (χ3n) is 6.13. The Labute approximate surface area is 187 Å². The van der Waals surface area contributed by atoms with Crippen molar-refractivity contribution in [2.75, 3.05) is 33.3 Å². The number of ether oxygens (including phenoxy) is 1. The summed E-state index contributed by atoms with van der Waals surface area (Å²) in [6.45, 7) is 8.30. The van der Waals surface area contributed by atoms with Crippen LogP contribution in [-0.2, 0) is 0 Å². The molecule has 1 aliphatic rings. The fourth-order valence-electron chi connectivity index (χ4n) is 4.37.